The van der Waals surface area contributed by atoms with Gasteiger partial charge in [-0.1, -0.05) is 68.8 Å². The summed E-state index contributed by atoms with van der Waals surface area (Å²) in [6.45, 7) is 8.95. The summed E-state index contributed by atoms with van der Waals surface area (Å²) in [5.41, 5.74) is 10.3. The standard InChI is InChI=1S/C38H48N2O2/c1-4-24-42-38(41)33-10-6-22-40(23-7-11-33)37-20-21-39-27-35-19-18-34(26-36(35)37)32-16-14-31(15-17-32)30-9-5-8-29(12-13-30)25-28(2)3/h8,10,14-18,20-21,26-28,30H,4-7,9,11-13,19,22-25H2,1-3H3/b33-10-. The molecule has 0 bridgehead atoms. The van der Waals surface area contributed by atoms with E-state index in [1.807, 2.05) is 19.3 Å². The lowest BCUT2D eigenvalue weighted by Gasteiger charge is -2.31. The summed E-state index contributed by atoms with van der Waals surface area (Å²) in [6.07, 6.45) is 25.9. The molecular formula is C38H48N2O2. The molecule has 0 amide bonds. The van der Waals surface area contributed by atoms with Crippen molar-refractivity contribution < 1.29 is 9.53 Å². The molecule has 222 valence electrons. The molecule has 5 rings (SSSR count). The molecule has 4 aliphatic rings. The molecule has 1 aromatic rings. The minimum Gasteiger partial charge on any atom is -0.462 e. The number of rotatable bonds is 8. The van der Waals surface area contributed by atoms with Crippen molar-refractivity contribution in [2.45, 2.75) is 90.9 Å². The van der Waals surface area contributed by atoms with Crippen LogP contribution < -0.4 is 0 Å². The second kappa shape index (κ2) is 14.7. The normalized spacial score (nSPS) is 22.6. The van der Waals surface area contributed by atoms with Crippen molar-refractivity contribution >= 4 is 17.8 Å². The highest BCUT2D eigenvalue weighted by Crippen LogP contribution is 2.37. The van der Waals surface area contributed by atoms with Gasteiger partial charge in [-0.2, -0.15) is 0 Å². The molecule has 4 heteroatoms. The van der Waals surface area contributed by atoms with E-state index in [9.17, 15) is 4.79 Å². The van der Waals surface area contributed by atoms with Crippen molar-refractivity contribution in [2.75, 3.05) is 19.7 Å². The van der Waals surface area contributed by atoms with Crippen LogP contribution in [0.15, 0.2) is 93.8 Å². The fourth-order valence-corrected chi connectivity index (χ4v) is 6.68. The summed E-state index contributed by atoms with van der Waals surface area (Å²) in [5.74, 6) is 1.25. The minimum absolute atomic E-state index is 0.140. The molecule has 0 saturated carbocycles. The maximum absolute atomic E-state index is 12.4. The second-order valence-corrected chi connectivity index (χ2v) is 12.6. The molecule has 0 aromatic heterocycles. The molecule has 2 aliphatic heterocycles. The smallest absolute Gasteiger partial charge is 0.333 e. The Hall–Kier alpha value is -3.40. The zero-order valence-electron chi connectivity index (χ0n) is 25.9. The summed E-state index contributed by atoms with van der Waals surface area (Å²) in [7, 11) is 0. The fourth-order valence-electron chi connectivity index (χ4n) is 6.68. The van der Waals surface area contributed by atoms with Crippen molar-refractivity contribution in [1.82, 2.24) is 4.90 Å². The number of carbonyl (C=O) groups is 1. The third-order valence-electron chi connectivity index (χ3n) is 8.86. The van der Waals surface area contributed by atoms with E-state index in [0.717, 1.165) is 56.7 Å². The quantitative estimate of drug-likeness (QED) is 0.233. The van der Waals surface area contributed by atoms with Gasteiger partial charge in [0.25, 0.3) is 0 Å². The van der Waals surface area contributed by atoms with Gasteiger partial charge >= 0.3 is 5.97 Å². The molecule has 1 atom stereocenters. The van der Waals surface area contributed by atoms with Gasteiger partial charge in [0.1, 0.15) is 0 Å². The van der Waals surface area contributed by atoms with E-state index in [2.05, 4.69) is 78.4 Å². The van der Waals surface area contributed by atoms with E-state index >= 15 is 0 Å². The van der Waals surface area contributed by atoms with E-state index in [0.29, 0.717) is 12.5 Å². The first-order chi connectivity index (χ1) is 20.5. The predicted octanol–water partition coefficient (Wildman–Crippen LogP) is 9.25. The van der Waals surface area contributed by atoms with Crippen LogP contribution in [-0.2, 0) is 9.53 Å². The van der Waals surface area contributed by atoms with Gasteiger partial charge in [0.2, 0.25) is 0 Å². The van der Waals surface area contributed by atoms with Crippen LogP contribution in [0, 0.1) is 5.92 Å². The monoisotopic (exact) mass is 564 g/mol. The number of carbonyl (C=O) groups excluding carboxylic acids is 1. The van der Waals surface area contributed by atoms with Gasteiger partial charge in [-0.15, -0.1) is 0 Å². The first kappa shape index (κ1) is 30.1. The van der Waals surface area contributed by atoms with Gasteiger partial charge in [0.05, 0.1) is 6.61 Å². The lowest BCUT2D eigenvalue weighted by atomic mass is 9.86. The first-order valence-electron chi connectivity index (χ1n) is 16.3. The number of hydrogen-bond donors (Lipinski definition) is 0. The second-order valence-electron chi connectivity index (χ2n) is 12.6. The van der Waals surface area contributed by atoms with Crippen LogP contribution in [0.2, 0.25) is 0 Å². The van der Waals surface area contributed by atoms with E-state index in [1.54, 1.807) is 5.57 Å². The lowest BCUT2D eigenvalue weighted by molar-refractivity contribution is -0.139. The summed E-state index contributed by atoms with van der Waals surface area (Å²) >= 11 is 0. The average Bonchev–Trinajstić information content (AvgIpc) is 3.34. The Morgan fingerprint density at radius 1 is 1.05 bits per heavy atom. The molecule has 0 saturated heterocycles. The van der Waals surface area contributed by atoms with Crippen molar-refractivity contribution in [1.29, 1.82) is 0 Å². The lowest BCUT2D eigenvalue weighted by Crippen LogP contribution is -2.29. The highest BCUT2D eigenvalue weighted by Gasteiger charge is 2.23. The SMILES string of the molecule is CCCOC(=O)/C1=C\CCN(C2=CC=NC=C3CC=C(c4ccc(C5CCC=C(CC(C)C)CC5)cc4)C=C32)CCC1. The molecule has 0 radical (unpaired) electrons. The maximum Gasteiger partial charge on any atom is 0.333 e. The Bertz CT molecular complexity index is 1330. The Morgan fingerprint density at radius 3 is 2.71 bits per heavy atom. The van der Waals surface area contributed by atoms with Crippen LogP contribution in [0.5, 0.6) is 0 Å². The number of esters is 1. The van der Waals surface area contributed by atoms with Crippen molar-refractivity contribution in [3.05, 3.63) is 100.0 Å². The molecule has 2 heterocycles. The van der Waals surface area contributed by atoms with E-state index in [-0.39, 0.29) is 5.97 Å². The van der Waals surface area contributed by atoms with Crippen molar-refractivity contribution in [3.63, 3.8) is 0 Å². The molecule has 0 fully saturated rings. The zero-order chi connectivity index (χ0) is 29.3. The number of aliphatic imine (C=N–C) groups is 1. The minimum atomic E-state index is -0.140. The molecule has 42 heavy (non-hydrogen) atoms. The topological polar surface area (TPSA) is 41.9 Å². The van der Waals surface area contributed by atoms with E-state index in [4.69, 9.17) is 4.74 Å². The van der Waals surface area contributed by atoms with Gasteiger partial charge in [0.15, 0.2) is 0 Å². The molecule has 2 aliphatic carbocycles. The van der Waals surface area contributed by atoms with Gasteiger partial charge in [-0.05, 0) is 110 Å². The summed E-state index contributed by atoms with van der Waals surface area (Å²) in [4.78, 5) is 19.5. The third kappa shape index (κ3) is 7.70. The molecule has 1 aromatic carbocycles. The van der Waals surface area contributed by atoms with Crippen LogP contribution in [0.3, 0.4) is 0 Å². The summed E-state index contributed by atoms with van der Waals surface area (Å²) < 4.78 is 5.40. The number of fused-ring (bicyclic) bond motifs is 1. The fraction of sp³-hybridized carbons (Fsp3) is 0.474. The highest BCUT2D eigenvalue weighted by molar-refractivity contribution is 5.88. The molecule has 4 nitrogen and oxygen atoms in total. The number of nitrogens with zero attached hydrogens (tertiary/aromatic N) is 2. The van der Waals surface area contributed by atoms with Gasteiger partial charge < -0.3 is 9.64 Å². The number of ether oxygens (including phenoxy) is 1. The Morgan fingerprint density at radius 2 is 1.90 bits per heavy atom. The summed E-state index contributed by atoms with van der Waals surface area (Å²) in [6, 6.07) is 9.41. The molecule has 1 unspecified atom stereocenters. The zero-order valence-corrected chi connectivity index (χ0v) is 25.9. The highest BCUT2D eigenvalue weighted by atomic mass is 16.5. The van der Waals surface area contributed by atoms with Gasteiger partial charge in [-0.25, -0.2) is 4.79 Å². The first-order valence-corrected chi connectivity index (χ1v) is 16.3. The molecular weight excluding hydrogens is 516 g/mol. The number of benzene rings is 1. The molecule has 0 N–H and O–H groups in total. The van der Waals surface area contributed by atoms with Gasteiger partial charge in [0, 0.05) is 42.3 Å². The van der Waals surface area contributed by atoms with Crippen LogP contribution >= 0.6 is 0 Å². The van der Waals surface area contributed by atoms with Crippen LogP contribution in [0.4, 0.5) is 0 Å². The van der Waals surface area contributed by atoms with Crippen molar-refractivity contribution in [3.8, 4) is 0 Å². The average molecular weight is 565 g/mol. The Kier molecular flexibility index (Phi) is 10.5. The van der Waals surface area contributed by atoms with E-state index < -0.39 is 0 Å². The van der Waals surface area contributed by atoms with Crippen molar-refractivity contribution in [2.24, 2.45) is 10.9 Å². The number of allylic oxidation sites excluding steroid dienone is 7. The van der Waals surface area contributed by atoms with Crippen LogP contribution in [0.25, 0.3) is 5.57 Å². The Balaban J connectivity index is 1.28. The predicted molar refractivity (Wildman–Crippen MR) is 175 cm³/mol. The number of hydrogen-bond acceptors (Lipinski definition) is 4. The largest absolute Gasteiger partial charge is 0.462 e. The van der Waals surface area contributed by atoms with E-state index in [1.165, 1.54) is 65.6 Å². The van der Waals surface area contributed by atoms with Crippen LogP contribution in [0.1, 0.15) is 102 Å². The maximum atomic E-state index is 12.4. The summed E-state index contributed by atoms with van der Waals surface area (Å²) in [5, 5.41) is 0. The third-order valence-corrected chi connectivity index (χ3v) is 8.86. The molecule has 0 spiro atoms. The van der Waals surface area contributed by atoms with Crippen LogP contribution in [-0.4, -0.2) is 36.8 Å². The Labute approximate surface area is 253 Å². The van der Waals surface area contributed by atoms with Gasteiger partial charge in [-0.3, -0.25) is 4.99 Å².